The fraction of sp³-hybridized carbons (Fsp3) is 0.789. The summed E-state index contributed by atoms with van der Waals surface area (Å²) in [5.41, 5.74) is -2.60. The van der Waals surface area contributed by atoms with Crippen molar-refractivity contribution >= 4 is 23.8 Å². The second-order valence-corrected chi connectivity index (χ2v) is 15.8. The number of aliphatic hydroxyl groups excluding tert-OH is 9. The third kappa shape index (κ3) is 13.8. The Bertz CT molecular complexity index is 1810. The first-order valence-corrected chi connectivity index (χ1v) is 20.9. The zero-order chi connectivity index (χ0) is 48.2. The summed E-state index contributed by atoms with van der Waals surface area (Å²) in [6.07, 6.45) is -22.5. The predicted molar refractivity (Wildman–Crippen MR) is 211 cm³/mol. The summed E-state index contributed by atoms with van der Waals surface area (Å²) in [6, 6.07) is -2.54. The highest BCUT2D eigenvalue weighted by Crippen LogP contribution is 2.38. The topological polar surface area (TPSA) is 425 Å². The summed E-state index contributed by atoms with van der Waals surface area (Å²) in [5, 5.41) is 112. The number of aromatic nitrogens is 2. The number of aliphatic hydroxyl groups is 9. The van der Waals surface area contributed by atoms with Crippen LogP contribution in [0.5, 0.6) is 0 Å². The molecule has 4 rings (SSSR count). The van der Waals surface area contributed by atoms with Crippen molar-refractivity contribution in [2.24, 2.45) is 0 Å². The average Bonchev–Trinajstić information content (AvgIpc) is 3.26. The van der Waals surface area contributed by atoms with E-state index in [0.29, 0.717) is 19.3 Å². The number of nitrogens with one attached hydrogen (secondary N) is 4. The molecule has 3 fully saturated rings. The Balaban J connectivity index is 1.64. The minimum atomic E-state index is -3.13. The molecular formula is C38H60N4O23. The first kappa shape index (κ1) is 53.6. The standard InChI is InChI=1S/C38H60N4O23/c1-16(46)39-24-18(47)12-38(36(56)57,64-31(24)26(51)19(48)13-43)65-32-28(53)21(15-45)62-35(29(32)54)63-30-25(42-33(55)17-11-22(49)41-37(58)40-17)34(61-20(14-44)27(30)52)60-10-8-6-4-3-5-7-9-23(50)59-2/h11,18-21,24-32,34-35,43-45,47-48,51-54H,3-10,12-15H2,1-2H3,(H,39,46)(H,42,55)(H,56,57)(H2,40,41,49,58)/t18?,19?,20?,21?,24-,25?,26?,27-,28+,29?,30?,31?,32?,34-,35?,38+/m1/s1. The number of H-pyrrole nitrogens is 2. The Kier molecular flexibility index (Phi) is 20.3. The lowest BCUT2D eigenvalue weighted by molar-refractivity contribution is -0.381. The Labute approximate surface area is 369 Å². The lowest BCUT2D eigenvalue weighted by atomic mass is 9.88. The second kappa shape index (κ2) is 24.6. The third-order valence-electron chi connectivity index (χ3n) is 11.1. The van der Waals surface area contributed by atoms with Gasteiger partial charge in [0.1, 0.15) is 72.8 Å². The molecule has 14 N–H and O–H groups in total. The van der Waals surface area contributed by atoms with Crippen LogP contribution in [-0.2, 0) is 47.5 Å². The number of aromatic amines is 2. The first-order valence-electron chi connectivity index (χ1n) is 20.9. The van der Waals surface area contributed by atoms with Crippen LogP contribution in [0.25, 0.3) is 0 Å². The highest BCUT2D eigenvalue weighted by molar-refractivity contribution is 5.92. The molecular weight excluding hydrogens is 880 g/mol. The Morgan fingerprint density at radius 3 is 2.05 bits per heavy atom. The van der Waals surface area contributed by atoms with Crippen molar-refractivity contribution in [1.29, 1.82) is 0 Å². The largest absolute Gasteiger partial charge is 0.477 e. The first-order chi connectivity index (χ1) is 30.8. The van der Waals surface area contributed by atoms with E-state index in [1.807, 2.05) is 4.98 Å². The summed E-state index contributed by atoms with van der Waals surface area (Å²) in [5.74, 6) is -7.40. The van der Waals surface area contributed by atoms with Gasteiger partial charge < -0.3 is 99.8 Å². The van der Waals surface area contributed by atoms with Crippen molar-refractivity contribution < 1.29 is 103 Å². The Morgan fingerprint density at radius 1 is 0.846 bits per heavy atom. The van der Waals surface area contributed by atoms with Crippen LogP contribution in [-0.4, -0.2) is 216 Å². The van der Waals surface area contributed by atoms with Gasteiger partial charge in [0, 0.05) is 32.4 Å². The van der Waals surface area contributed by atoms with Crippen LogP contribution in [0, 0.1) is 0 Å². The zero-order valence-electron chi connectivity index (χ0n) is 35.5. The van der Waals surface area contributed by atoms with Gasteiger partial charge in [0.25, 0.3) is 17.3 Å². The smallest absolute Gasteiger partial charge is 0.364 e. The molecule has 4 heterocycles. The van der Waals surface area contributed by atoms with Crippen LogP contribution in [0.15, 0.2) is 15.7 Å². The zero-order valence-corrected chi connectivity index (χ0v) is 35.5. The number of carboxylic acid groups (broad SMARTS) is 1. The number of ether oxygens (including phenoxy) is 7. The van der Waals surface area contributed by atoms with Gasteiger partial charge in [-0.2, -0.15) is 0 Å². The van der Waals surface area contributed by atoms with Crippen LogP contribution in [0.3, 0.4) is 0 Å². The number of amides is 2. The summed E-state index contributed by atoms with van der Waals surface area (Å²) in [7, 11) is 1.30. The maximum atomic E-state index is 13.6. The van der Waals surface area contributed by atoms with Gasteiger partial charge in [-0.1, -0.05) is 25.7 Å². The van der Waals surface area contributed by atoms with Crippen molar-refractivity contribution in [3.8, 4) is 0 Å². The van der Waals surface area contributed by atoms with E-state index in [2.05, 4.69) is 20.4 Å². The maximum absolute atomic E-state index is 13.6. The SMILES string of the molecule is COC(=O)CCCCCCCCO[C@@H]1OC(CO)[C@@H](O)C(OC2OC(CO)[C@H](O)C(O[C@]3(C(=O)O)CC(O)[C@@H](NC(C)=O)C(C(O)C(O)CO)O3)C2O)C1NC(=O)c1cc(=O)[nH]c(=O)[nH]1. The van der Waals surface area contributed by atoms with Gasteiger partial charge in [0.2, 0.25) is 5.91 Å². The minimum absolute atomic E-state index is 0.0455. The molecule has 0 aliphatic carbocycles. The number of rotatable bonds is 23. The number of hydrogen-bond donors (Lipinski definition) is 14. The number of aliphatic carboxylic acids is 1. The molecule has 3 saturated heterocycles. The van der Waals surface area contributed by atoms with Crippen molar-refractivity contribution in [2.75, 3.05) is 33.5 Å². The Hall–Kier alpha value is -4.04. The molecule has 2 amide bonds. The number of hydrogen-bond acceptors (Lipinski definition) is 22. The molecule has 65 heavy (non-hydrogen) atoms. The van der Waals surface area contributed by atoms with E-state index >= 15 is 0 Å². The molecule has 370 valence electrons. The number of esters is 1. The van der Waals surface area contributed by atoms with Gasteiger partial charge in [-0.15, -0.1) is 0 Å². The average molecular weight is 941 g/mol. The number of unbranched alkanes of at least 4 members (excludes halogenated alkanes) is 5. The third-order valence-corrected chi connectivity index (χ3v) is 11.1. The van der Waals surface area contributed by atoms with Crippen LogP contribution in [0.4, 0.5) is 0 Å². The fourth-order valence-electron chi connectivity index (χ4n) is 7.65. The molecule has 3 aliphatic rings. The number of carboxylic acids is 1. The molecule has 0 radical (unpaired) electrons. The second-order valence-electron chi connectivity index (χ2n) is 15.8. The quantitative estimate of drug-likeness (QED) is 0.0358. The highest BCUT2D eigenvalue weighted by Gasteiger charge is 2.60. The molecule has 11 unspecified atom stereocenters. The van der Waals surface area contributed by atoms with Gasteiger partial charge >= 0.3 is 17.6 Å². The van der Waals surface area contributed by atoms with Crippen molar-refractivity contribution in [3.63, 3.8) is 0 Å². The molecule has 1 aromatic rings. The van der Waals surface area contributed by atoms with E-state index in [-0.39, 0.29) is 19.0 Å². The summed E-state index contributed by atoms with van der Waals surface area (Å²) in [6.45, 7) is -2.06. The predicted octanol–water partition coefficient (Wildman–Crippen LogP) is -6.48. The van der Waals surface area contributed by atoms with E-state index in [0.717, 1.165) is 32.3 Å². The molecule has 0 spiro atoms. The summed E-state index contributed by atoms with van der Waals surface area (Å²) in [4.78, 5) is 78.0. The summed E-state index contributed by atoms with van der Waals surface area (Å²) >= 11 is 0. The molecule has 27 heteroatoms. The number of carbonyl (C=O) groups is 4. The van der Waals surface area contributed by atoms with Crippen LogP contribution >= 0.6 is 0 Å². The molecule has 27 nitrogen and oxygen atoms in total. The lowest BCUT2D eigenvalue weighted by Crippen LogP contribution is -2.71. The molecule has 0 saturated carbocycles. The van der Waals surface area contributed by atoms with Crippen LogP contribution in [0.1, 0.15) is 68.8 Å². The summed E-state index contributed by atoms with van der Waals surface area (Å²) < 4.78 is 39.4. The van der Waals surface area contributed by atoms with Crippen LogP contribution in [0.2, 0.25) is 0 Å². The van der Waals surface area contributed by atoms with Crippen molar-refractivity contribution in [2.45, 2.75) is 156 Å². The van der Waals surface area contributed by atoms with Gasteiger partial charge in [0.15, 0.2) is 12.6 Å². The van der Waals surface area contributed by atoms with E-state index < -0.39 is 159 Å². The minimum Gasteiger partial charge on any atom is -0.477 e. The van der Waals surface area contributed by atoms with Crippen molar-refractivity contribution in [1.82, 2.24) is 20.6 Å². The van der Waals surface area contributed by atoms with E-state index in [4.69, 9.17) is 28.4 Å². The van der Waals surface area contributed by atoms with Gasteiger partial charge in [0.05, 0.1) is 39.1 Å². The Morgan fingerprint density at radius 2 is 1.46 bits per heavy atom. The lowest BCUT2D eigenvalue weighted by Gasteiger charge is -2.51. The van der Waals surface area contributed by atoms with Crippen LogP contribution < -0.4 is 21.9 Å². The molecule has 1 aromatic heterocycles. The van der Waals surface area contributed by atoms with Gasteiger partial charge in [-0.25, -0.2) is 9.59 Å². The van der Waals surface area contributed by atoms with Gasteiger partial charge in [-0.05, 0) is 12.8 Å². The highest BCUT2D eigenvalue weighted by atomic mass is 16.8. The monoisotopic (exact) mass is 940 g/mol. The normalized spacial score (nSPS) is 33.7. The van der Waals surface area contributed by atoms with E-state index in [1.165, 1.54) is 7.11 Å². The van der Waals surface area contributed by atoms with Gasteiger partial charge in [-0.3, -0.25) is 24.2 Å². The van der Waals surface area contributed by atoms with E-state index in [9.17, 15) is 79.8 Å². The maximum Gasteiger partial charge on any atom is 0.364 e. The van der Waals surface area contributed by atoms with E-state index in [1.54, 1.807) is 0 Å². The van der Waals surface area contributed by atoms with Crippen molar-refractivity contribution in [3.05, 3.63) is 32.6 Å². The molecule has 16 atom stereocenters. The number of methoxy groups -OCH3 is 1. The number of carbonyl (C=O) groups excluding carboxylic acids is 3. The molecule has 0 bridgehead atoms. The molecule has 3 aliphatic heterocycles. The molecule has 0 aromatic carbocycles. The fourth-order valence-corrected chi connectivity index (χ4v) is 7.65.